The summed E-state index contributed by atoms with van der Waals surface area (Å²) in [5.74, 6) is -1.49. The molecule has 0 unspecified atom stereocenters. The van der Waals surface area contributed by atoms with Crippen LogP contribution in [-0.2, 0) is 22.4 Å². The number of aromatic carboxylic acids is 1. The van der Waals surface area contributed by atoms with Gasteiger partial charge in [0.2, 0.25) is 33.7 Å². The zero-order valence-electron chi connectivity index (χ0n) is 42.4. The number of carboxylic acids is 1. The number of pyridine rings is 2. The van der Waals surface area contributed by atoms with E-state index in [1.807, 2.05) is 30.7 Å². The Kier molecular flexibility index (Phi) is 16.2. The number of sulfonamides is 1. The second-order valence-electron chi connectivity index (χ2n) is 16.8. The predicted molar refractivity (Wildman–Crippen MR) is 269 cm³/mol. The highest BCUT2D eigenvalue weighted by Crippen LogP contribution is 2.36. The summed E-state index contributed by atoms with van der Waals surface area (Å²) in [5.41, 5.74) is 1.17. The first-order valence-corrected chi connectivity index (χ1v) is 24.3. The number of methoxy groups -OCH3 is 4. The highest BCUT2D eigenvalue weighted by Gasteiger charge is 2.36. The lowest BCUT2D eigenvalue weighted by Crippen LogP contribution is -2.29. The number of nitrogens with zero attached hydrogens (tertiary/aromatic N) is 10. The van der Waals surface area contributed by atoms with Gasteiger partial charge in [0.25, 0.3) is 5.91 Å². The monoisotopic (exact) mass is 1110 g/mol. The van der Waals surface area contributed by atoms with E-state index in [4.69, 9.17) is 18.9 Å². The molecule has 0 radical (unpaired) electrons. The molecule has 0 aliphatic rings. The van der Waals surface area contributed by atoms with Crippen LogP contribution in [0.25, 0.3) is 33.9 Å². The van der Waals surface area contributed by atoms with Crippen LogP contribution in [0.4, 0.5) is 49.6 Å². The van der Waals surface area contributed by atoms with Crippen LogP contribution in [-0.4, -0.2) is 110 Å². The first kappa shape index (κ1) is 56.3. The number of rotatable bonds is 15. The number of nitrogens with one attached hydrogen (secondary N) is 3. The molecule has 8 rings (SSSR count). The van der Waals surface area contributed by atoms with E-state index < -0.39 is 45.6 Å². The van der Waals surface area contributed by atoms with Gasteiger partial charge in [-0.1, -0.05) is 0 Å². The van der Waals surface area contributed by atoms with Gasteiger partial charge in [-0.05, 0) is 87.4 Å². The fraction of sp³-hybridized carbons (Fsp3) is 0.224. The van der Waals surface area contributed by atoms with Gasteiger partial charge >= 0.3 is 18.3 Å². The Labute approximate surface area is 439 Å². The van der Waals surface area contributed by atoms with Crippen molar-refractivity contribution in [2.75, 3.05) is 45.3 Å². The summed E-state index contributed by atoms with van der Waals surface area (Å²) in [5, 5.41) is 23.0. The third-order valence-electron chi connectivity index (χ3n) is 10.8. The second-order valence-corrected chi connectivity index (χ2v) is 18.6. The van der Waals surface area contributed by atoms with Crippen LogP contribution < -0.4 is 34.3 Å². The van der Waals surface area contributed by atoms with Crippen molar-refractivity contribution in [2.24, 2.45) is 0 Å². The van der Waals surface area contributed by atoms with E-state index >= 15 is 0 Å². The molecule has 0 saturated carbocycles. The van der Waals surface area contributed by atoms with Crippen molar-refractivity contribution in [3.63, 3.8) is 0 Å². The molecule has 6 heterocycles. The molecule has 6 aromatic heterocycles. The minimum absolute atomic E-state index is 0.0200. The second kappa shape index (κ2) is 22.4. The largest absolute Gasteiger partial charge is 0.497 e. The number of anilines is 4. The molecule has 29 heteroatoms. The van der Waals surface area contributed by atoms with Gasteiger partial charge in [0, 0.05) is 81.9 Å². The van der Waals surface area contributed by atoms with Crippen molar-refractivity contribution < 1.29 is 68.4 Å². The van der Waals surface area contributed by atoms with Gasteiger partial charge in [0.1, 0.15) is 22.6 Å². The summed E-state index contributed by atoms with van der Waals surface area (Å²) in [6, 6.07) is 14.9. The van der Waals surface area contributed by atoms with Gasteiger partial charge in [-0.25, -0.2) is 47.2 Å². The summed E-state index contributed by atoms with van der Waals surface area (Å²) in [7, 11) is 1.61. The number of alkyl halides is 6. The van der Waals surface area contributed by atoms with Gasteiger partial charge in [-0.2, -0.15) is 46.5 Å². The first-order valence-electron chi connectivity index (χ1n) is 22.4. The number of carboxylic acid groups (broad SMARTS) is 1. The SMILES string of the molecule is COc1cc(C)cc(Nc2ncc(-c3cnc(OC)c(C(=O)NS(C)(=O)=O)c3)c(-n3nc(C(F)(F)F)cc3C)n2)c1.COc1cc(C)cc(Nc2ncc(-c3cnc(OC)c(C(=O)O)c3)c(-n3nc(C(F)(F)F)cc3C)n2)c1. The van der Waals surface area contributed by atoms with Crippen molar-refractivity contribution in [3.05, 3.63) is 130 Å². The number of ether oxygens (including phenoxy) is 4. The third kappa shape index (κ3) is 13.2. The molecule has 0 aliphatic carbocycles. The van der Waals surface area contributed by atoms with Crippen molar-refractivity contribution >= 4 is 45.2 Å². The fourth-order valence-electron chi connectivity index (χ4n) is 7.45. The lowest BCUT2D eigenvalue weighted by molar-refractivity contribution is -0.142. The Balaban J connectivity index is 0.000000227. The standard InChI is InChI=1S/C25H24F3N7O5S.C24H21F3N6O4/c1-13-6-16(10-17(7-13)39-3)31-24-30-12-19(21(32-24)35-14(2)8-20(33-35)25(26,27)28)15-9-18(23(40-4)29-11-15)22(36)34-41(5,37)38;1-12-5-15(9-16(6-12)36-3)30-23-29-11-18(14-8-17(22(34)35)21(37-4)28-10-14)20(31-23)33-13(2)7-19(32-33)24(25,26)27/h6-12H,1-5H3,(H,34,36)(H,30,31,32);5-11H,1-4H3,(H,34,35)(H,29,30,31). The molecule has 0 atom stereocenters. The Morgan fingerprint density at radius 3 is 1.33 bits per heavy atom. The highest BCUT2D eigenvalue weighted by atomic mass is 32.2. The summed E-state index contributed by atoms with van der Waals surface area (Å²) in [6.07, 6.45) is -3.35. The minimum Gasteiger partial charge on any atom is -0.497 e. The van der Waals surface area contributed by atoms with E-state index in [-0.39, 0.29) is 80.1 Å². The van der Waals surface area contributed by atoms with Crippen LogP contribution in [0, 0.1) is 27.7 Å². The Hall–Kier alpha value is -9.41. The zero-order valence-corrected chi connectivity index (χ0v) is 43.3. The van der Waals surface area contributed by atoms with E-state index in [1.54, 1.807) is 24.3 Å². The number of aromatic nitrogens is 10. The van der Waals surface area contributed by atoms with Crippen LogP contribution in [0.3, 0.4) is 0 Å². The van der Waals surface area contributed by atoms with Crippen LogP contribution >= 0.6 is 0 Å². The van der Waals surface area contributed by atoms with E-state index in [9.17, 15) is 49.5 Å². The van der Waals surface area contributed by atoms with E-state index in [0.29, 0.717) is 22.9 Å². The zero-order chi connectivity index (χ0) is 57.0. The quantitative estimate of drug-likeness (QED) is 0.0699. The molecule has 408 valence electrons. The maximum Gasteiger partial charge on any atom is 0.435 e. The smallest absolute Gasteiger partial charge is 0.435 e. The van der Waals surface area contributed by atoms with Gasteiger partial charge in [0.15, 0.2) is 23.0 Å². The van der Waals surface area contributed by atoms with Crippen LogP contribution in [0.15, 0.2) is 85.5 Å². The Bertz CT molecular complexity index is 3700. The van der Waals surface area contributed by atoms with Crippen LogP contribution in [0.2, 0.25) is 0 Å². The number of hydrogen-bond donors (Lipinski definition) is 4. The molecule has 0 spiro atoms. The molecular weight excluding hydrogens is 1060 g/mol. The molecule has 0 saturated heterocycles. The molecule has 0 aliphatic heterocycles. The number of halogens is 6. The Morgan fingerprint density at radius 1 is 0.564 bits per heavy atom. The van der Waals surface area contributed by atoms with E-state index in [2.05, 4.69) is 50.7 Å². The molecule has 2 aromatic carbocycles. The van der Waals surface area contributed by atoms with Crippen molar-refractivity contribution in [3.8, 4) is 57.1 Å². The fourth-order valence-corrected chi connectivity index (χ4v) is 7.90. The van der Waals surface area contributed by atoms with Crippen molar-refractivity contribution in [1.29, 1.82) is 0 Å². The molecule has 78 heavy (non-hydrogen) atoms. The number of benzene rings is 2. The maximum absolute atomic E-state index is 13.5. The average molecular weight is 1110 g/mol. The highest BCUT2D eigenvalue weighted by molar-refractivity contribution is 7.89. The molecule has 8 aromatic rings. The van der Waals surface area contributed by atoms with E-state index in [0.717, 1.165) is 38.9 Å². The lowest BCUT2D eigenvalue weighted by atomic mass is 10.1. The van der Waals surface area contributed by atoms with Crippen molar-refractivity contribution in [1.82, 2.24) is 54.2 Å². The van der Waals surface area contributed by atoms with Crippen LogP contribution in [0.5, 0.6) is 23.3 Å². The van der Waals surface area contributed by atoms with Gasteiger partial charge in [-0.3, -0.25) is 4.79 Å². The molecule has 4 N–H and O–H groups in total. The van der Waals surface area contributed by atoms with Gasteiger partial charge in [-0.15, -0.1) is 0 Å². The third-order valence-corrected chi connectivity index (χ3v) is 11.4. The first-order chi connectivity index (χ1) is 36.7. The normalized spacial score (nSPS) is 11.5. The van der Waals surface area contributed by atoms with Crippen LogP contribution in [0.1, 0.15) is 54.6 Å². The van der Waals surface area contributed by atoms with E-state index in [1.165, 1.54) is 79.2 Å². The minimum atomic E-state index is -4.72. The Morgan fingerprint density at radius 2 is 0.974 bits per heavy atom. The molecule has 1 amide bonds. The predicted octanol–water partition coefficient (Wildman–Crippen LogP) is 8.63. The summed E-state index contributed by atoms with van der Waals surface area (Å²) < 4.78 is 129. The summed E-state index contributed by atoms with van der Waals surface area (Å²) >= 11 is 0. The van der Waals surface area contributed by atoms with Crippen molar-refractivity contribution in [2.45, 2.75) is 40.0 Å². The number of hydrogen-bond acceptors (Lipinski definition) is 18. The lowest BCUT2D eigenvalue weighted by Gasteiger charge is -2.15. The number of carbonyl (C=O) groups excluding carboxylic acids is 1. The topological polar surface area (TPSA) is 274 Å². The summed E-state index contributed by atoms with van der Waals surface area (Å²) in [4.78, 5) is 50.0. The number of aryl methyl sites for hydroxylation is 4. The van der Waals surface area contributed by atoms with Gasteiger partial charge < -0.3 is 34.7 Å². The average Bonchev–Trinajstić information content (AvgIpc) is 3.99. The molecular formula is C49H45F6N13O9S. The molecule has 0 fully saturated rings. The van der Waals surface area contributed by atoms with Gasteiger partial charge in [0.05, 0.1) is 34.7 Å². The number of amides is 1. The molecule has 0 bridgehead atoms. The molecule has 22 nitrogen and oxygen atoms in total. The maximum atomic E-state index is 13.5. The number of carbonyl (C=O) groups is 2. The summed E-state index contributed by atoms with van der Waals surface area (Å²) in [6.45, 7) is 6.58.